The molecule has 0 atom stereocenters. The highest BCUT2D eigenvalue weighted by molar-refractivity contribution is 5.90. The van der Waals surface area contributed by atoms with Gasteiger partial charge in [0, 0.05) is 35.5 Å². The largest absolute Gasteiger partial charge is 0.481 e. The molecule has 4 nitrogen and oxygen atoms in total. The van der Waals surface area contributed by atoms with Gasteiger partial charge in [-0.1, -0.05) is 48.5 Å². The van der Waals surface area contributed by atoms with E-state index in [4.69, 9.17) is 0 Å². The molecule has 0 amide bonds. The highest BCUT2D eigenvalue weighted by Gasteiger charge is 2.13. The summed E-state index contributed by atoms with van der Waals surface area (Å²) in [4.78, 5) is 11.5. The van der Waals surface area contributed by atoms with Crippen molar-refractivity contribution in [2.75, 3.05) is 0 Å². The van der Waals surface area contributed by atoms with Gasteiger partial charge in [-0.05, 0) is 46.8 Å². The van der Waals surface area contributed by atoms with E-state index in [0.717, 1.165) is 27.7 Å². The number of aliphatic carboxylic acids is 1. The molecule has 0 radical (unpaired) electrons. The lowest BCUT2D eigenvalue weighted by Crippen LogP contribution is -2.00. The first-order chi connectivity index (χ1) is 14.2. The van der Waals surface area contributed by atoms with Crippen molar-refractivity contribution in [2.24, 2.45) is 0 Å². The van der Waals surface area contributed by atoms with Crippen LogP contribution in [0.1, 0.15) is 11.1 Å². The predicted molar refractivity (Wildman–Crippen MR) is 116 cm³/mol. The van der Waals surface area contributed by atoms with Gasteiger partial charge in [-0.3, -0.25) is 4.79 Å². The second kappa shape index (κ2) is 6.99. The fourth-order valence-corrected chi connectivity index (χ4v) is 4.03. The van der Waals surface area contributed by atoms with Gasteiger partial charge in [0.1, 0.15) is 0 Å². The SMILES string of the molecule is O=C(O)Cc1cn(Cc2ccccc2)c2ccc(-n3ccc4ccccc43)cc12. The van der Waals surface area contributed by atoms with Crippen LogP contribution in [0.15, 0.2) is 91.3 Å². The Balaban J connectivity index is 1.65. The Morgan fingerprint density at radius 3 is 2.48 bits per heavy atom. The number of carboxylic acids is 1. The molecule has 1 N–H and O–H groups in total. The lowest BCUT2D eigenvalue weighted by atomic mass is 10.1. The molecule has 0 fully saturated rings. The van der Waals surface area contributed by atoms with E-state index in [2.05, 4.69) is 63.9 Å². The molecule has 0 aliphatic rings. The molecule has 0 saturated carbocycles. The standard InChI is InChI=1S/C25H20N2O2/c28-25(29)14-20-17-26(16-18-6-2-1-3-7-18)24-11-10-21(15-22(20)24)27-13-12-19-8-4-5-9-23(19)27/h1-13,15,17H,14,16H2,(H,28,29). The van der Waals surface area contributed by atoms with Crippen molar-refractivity contribution in [1.29, 1.82) is 0 Å². The summed E-state index contributed by atoms with van der Waals surface area (Å²) in [6.07, 6.45) is 4.04. The maximum absolute atomic E-state index is 11.5. The van der Waals surface area contributed by atoms with Gasteiger partial charge in [-0.25, -0.2) is 0 Å². The molecular formula is C25H20N2O2. The number of fused-ring (bicyclic) bond motifs is 2. The number of carbonyl (C=O) groups is 1. The number of rotatable bonds is 5. The first-order valence-corrected chi connectivity index (χ1v) is 9.63. The number of carboxylic acid groups (broad SMARTS) is 1. The normalized spacial score (nSPS) is 11.3. The highest BCUT2D eigenvalue weighted by atomic mass is 16.4. The van der Waals surface area contributed by atoms with Crippen molar-refractivity contribution >= 4 is 27.8 Å². The number of aromatic nitrogens is 2. The molecule has 2 aromatic heterocycles. The van der Waals surface area contributed by atoms with Crippen molar-refractivity contribution in [1.82, 2.24) is 9.13 Å². The minimum absolute atomic E-state index is 0.00810. The van der Waals surface area contributed by atoms with Crippen LogP contribution < -0.4 is 0 Å². The predicted octanol–water partition coefficient (Wildman–Crippen LogP) is 5.26. The van der Waals surface area contributed by atoms with Crippen LogP contribution in [-0.2, 0) is 17.8 Å². The van der Waals surface area contributed by atoms with Gasteiger partial charge in [0.2, 0.25) is 0 Å². The van der Waals surface area contributed by atoms with E-state index in [1.165, 1.54) is 10.9 Å². The van der Waals surface area contributed by atoms with Crippen LogP contribution in [0.4, 0.5) is 0 Å². The summed E-state index contributed by atoms with van der Waals surface area (Å²) in [7, 11) is 0. The Hall–Kier alpha value is -3.79. The van der Waals surface area contributed by atoms with Crippen LogP contribution in [0.5, 0.6) is 0 Å². The third-order valence-corrected chi connectivity index (χ3v) is 5.36. The third kappa shape index (κ3) is 3.19. The first-order valence-electron chi connectivity index (χ1n) is 9.63. The molecule has 0 saturated heterocycles. The first kappa shape index (κ1) is 17.3. The zero-order valence-electron chi connectivity index (χ0n) is 15.8. The topological polar surface area (TPSA) is 47.2 Å². The smallest absolute Gasteiger partial charge is 0.307 e. The third-order valence-electron chi connectivity index (χ3n) is 5.36. The van der Waals surface area contributed by atoms with E-state index >= 15 is 0 Å². The van der Waals surface area contributed by atoms with Gasteiger partial charge in [0.05, 0.1) is 11.9 Å². The number of hydrogen-bond acceptors (Lipinski definition) is 1. The fraction of sp³-hybridized carbons (Fsp3) is 0.0800. The molecule has 2 heterocycles. The van der Waals surface area contributed by atoms with Crippen molar-refractivity contribution in [2.45, 2.75) is 13.0 Å². The maximum Gasteiger partial charge on any atom is 0.307 e. The molecule has 142 valence electrons. The summed E-state index contributed by atoms with van der Waals surface area (Å²) in [6, 6.07) is 26.9. The number of para-hydroxylation sites is 1. The van der Waals surface area contributed by atoms with Gasteiger partial charge >= 0.3 is 5.97 Å². The van der Waals surface area contributed by atoms with Gasteiger partial charge in [0.15, 0.2) is 0 Å². The Morgan fingerprint density at radius 2 is 1.66 bits per heavy atom. The van der Waals surface area contributed by atoms with E-state index in [0.29, 0.717) is 6.54 Å². The summed E-state index contributed by atoms with van der Waals surface area (Å²) in [5.41, 5.74) is 5.23. The van der Waals surface area contributed by atoms with Crippen LogP contribution in [0.2, 0.25) is 0 Å². The van der Waals surface area contributed by atoms with Crippen molar-refractivity contribution in [3.8, 4) is 5.69 Å². The summed E-state index contributed by atoms with van der Waals surface area (Å²) < 4.78 is 4.29. The molecule has 4 heteroatoms. The fourth-order valence-electron chi connectivity index (χ4n) is 4.03. The van der Waals surface area contributed by atoms with Crippen LogP contribution in [0.3, 0.4) is 0 Å². The second-order valence-electron chi connectivity index (χ2n) is 7.28. The Kier molecular flexibility index (Phi) is 4.17. The van der Waals surface area contributed by atoms with Crippen LogP contribution in [0, 0.1) is 0 Å². The Bertz CT molecular complexity index is 1330. The molecular weight excluding hydrogens is 360 g/mol. The van der Waals surface area contributed by atoms with Crippen molar-refractivity contribution in [3.05, 3.63) is 102 Å². The lowest BCUT2D eigenvalue weighted by molar-refractivity contribution is -0.136. The monoisotopic (exact) mass is 380 g/mol. The lowest BCUT2D eigenvalue weighted by Gasteiger charge is -2.09. The number of nitrogens with zero attached hydrogens (tertiary/aromatic N) is 2. The van der Waals surface area contributed by atoms with Gasteiger partial charge in [0.25, 0.3) is 0 Å². The van der Waals surface area contributed by atoms with Crippen LogP contribution in [0.25, 0.3) is 27.5 Å². The van der Waals surface area contributed by atoms with E-state index in [1.807, 2.05) is 36.5 Å². The average molecular weight is 380 g/mol. The molecule has 0 aliphatic carbocycles. The molecule has 0 unspecified atom stereocenters. The summed E-state index contributed by atoms with van der Waals surface area (Å²) in [5, 5.41) is 11.6. The number of benzene rings is 3. The Labute approximate surface area is 168 Å². The van der Waals surface area contributed by atoms with Gasteiger partial charge < -0.3 is 14.2 Å². The average Bonchev–Trinajstić information content (AvgIpc) is 3.30. The quantitative estimate of drug-likeness (QED) is 0.452. The summed E-state index contributed by atoms with van der Waals surface area (Å²) in [5.74, 6) is -0.819. The molecule has 0 spiro atoms. The maximum atomic E-state index is 11.5. The van der Waals surface area contributed by atoms with E-state index in [1.54, 1.807) is 0 Å². The highest BCUT2D eigenvalue weighted by Crippen LogP contribution is 2.28. The van der Waals surface area contributed by atoms with Gasteiger partial charge in [-0.15, -0.1) is 0 Å². The van der Waals surface area contributed by atoms with E-state index in [-0.39, 0.29) is 6.42 Å². The zero-order chi connectivity index (χ0) is 19.8. The van der Waals surface area contributed by atoms with Crippen molar-refractivity contribution in [3.63, 3.8) is 0 Å². The number of hydrogen-bond donors (Lipinski definition) is 1. The molecule has 5 rings (SSSR count). The van der Waals surface area contributed by atoms with Crippen LogP contribution in [-0.4, -0.2) is 20.2 Å². The molecule has 3 aromatic carbocycles. The van der Waals surface area contributed by atoms with E-state index < -0.39 is 5.97 Å². The minimum Gasteiger partial charge on any atom is -0.481 e. The molecule has 0 bridgehead atoms. The van der Waals surface area contributed by atoms with E-state index in [9.17, 15) is 9.90 Å². The van der Waals surface area contributed by atoms with Crippen molar-refractivity contribution < 1.29 is 9.90 Å². The molecule has 0 aliphatic heterocycles. The minimum atomic E-state index is -0.819. The Morgan fingerprint density at radius 1 is 0.862 bits per heavy atom. The second-order valence-corrected chi connectivity index (χ2v) is 7.28. The molecule has 5 aromatic rings. The summed E-state index contributed by atoms with van der Waals surface area (Å²) >= 11 is 0. The zero-order valence-corrected chi connectivity index (χ0v) is 15.8. The summed E-state index contributed by atoms with van der Waals surface area (Å²) in [6.45, 7) is 0.711. The van der Waals surface area contributed by atoms with Gasteiger partial charge in [-0.2, -0.15) is 0 Å². The van der Waals surface area contributed by atoms with Crippen LogP contribution >= 0.6 is 0 Å². The molecule has 29 heavy (non-hydrogen) atoms.